The summed E-state index contributed by atoms with van der Waals surface area (Å²) in [4.78, 5) is 0. The van der Waals surface area contributed by atoms with Crippen LogP contribution in [0.3, 0.4) is 0 Å². The van der Waals surface area contributed by atoms with Gasteiger partial charge in [0.05, 0.1) is 5.75 Å². The van der Waals surface area contributed by atoms with Gasteiger partial charge in [-0.15, -0.1) is 0 Å². The molecular formula is C17H34N2O3S. The number of nitrogens with one attached hydrogen (secondary N) is 1. The summed E-state index contributed by atoms with van der Waals surface area (Å²) < 4.78 is 33.3. The van der Waals surface area contributed by atoms with Gasteiger partial charge in [0.1, 0.15) is 0 Å². The number of nitrogens with zero attached hydrogens (tertiary/aromatic N) is 1. The van der Waals surface area contributed by atoms with Gasteiger partial charge in [0.25, 0.3) is 0 Å². The summed E-state index contributed by atoms with van der Waals surface area (Å²) in [7, 11) is -3.19. The number of sulfonamides is 1. The monoisotopic (exact) mass is 346 g/mol. The molecule has 0 atom stereocenters. The minimum Gasteiger partial charge on any atom is -0.381 e. The molecule has 2 aliphatic rings. The zero-order chi connectivity index (χ0) is 16.9. The van der Waals surface area contributed by atoms with Gasteiger partial charge in [0, 0.05) is 25.8 Å². The number of rotatable bonds is 6. The fourth-order valence-electron chi connectivity index (χ4n) is 3.32. The highest BCUT2D eigenvalue weighted by atomic mass is 32.2. The summed E-state index contributed by atoms with van der Waals surface area (Å²) in [5.74, 6) is 0.715. The van der Waals surface area contributed by atoms with Gasteiger partial charge in [0.15, 0.2) is 0 Å². The molecule has 2 heterocycles. The Morgan fingerprint density at radius 1 is 1.09 bits per heavy atom. The second kappa shape index (κ2) is 8.28. The number of hydrogen-bond donors (Lipinski definition) is 1. The lowest BCUT2D eigenvalue weighted by atomic mass is 9.94. The van der Waals surface area contributed by atoms with Gasteiger partial charge in [-0.2, -0.15) is 4.31 Å². The maximum Gasteiger partial charge on any atom is 0.214 e. The lowest BCUT2D eigenvalue weighted by Crippen LogP contribution is -2.49. The second-order valence-electron chi connectivity index (χ2n) is 8.23. The van der Waals surface area contributed by atoms with Gasteiger partial charge < -0.3 is 10.1 Å². The summed E-state index contributed by atoms with van der Waals surface area (Å²) >= 11 is 0. The number of piperidine rings is 1. The van der Waals surface area contributed by atoms with Crippen LogP contribution in [-0.4, -0.2) is 57.4 Å². The van der Waals surface area contributed by atoms with Crippen LogP contribution in [0.25, 0.3) is 0 Å². The van der Waals surface area contributed by atoms with E-state index in [2.05, 4.69) is 26.1 Å². The predicted octanol–water partition coefficient (Wildman–Crippen LogP) is 2.23. The average molecular weight is 347 g/mol. The fraction of sp³-hybridized carbons (Fsp3) is 1.00. The Kier molecular flexibility index (Phi) is 6.89. The third kappa shape index (κ3) is 6.33. The van der Waals surface area contributed by atoms with E-state index in [0.717, 1.165) is 52.0 Å². The van der Waals surface area contributed by atoms with E-state index in [4.69, 9.17) is 4.74 Å². The molecule has 0 aromatic rings. The molecular weight excluding hydrogens is 312 g/mol. The van der Waals surface area contributed by atoms with Crippen LogP contribution < -0.4 is 5.32 Å². The first-order valence-electron chi connectivity index (χ1n) is 9.06. The average Bonchev–Trinajstić information content (AvgIpc) is 2.52. The van der Waals surface area contributed by atoms with Crippen LogP contribution in [0.4, 0.5) is 0 Å². The lowest BCUT2D eigenvalue weighted by Gasteiger charge is -2.37. The molecule has 0 aromatic heterocycles. The molecule has 0 saturated carbocycles. The van der Waals surface area contributed by atoms with Gasteiger partial charge >= 0.3 is 0 Å². The highest BCUT2D eigenvalue weighted by molar-refractivity contribution is 7.89. The van der Waals surface area contributed by atoms with Crippen molar-refractivity contribution in [3.05, 3.63) is 0 Å². The minimum atomic E-state index is -3.19. The Labute approximate surface area is 142 Å². The van der Waals surface area contributed by atoms with Gasteiger partial charge in [-0.25, -0.2) is 8.42 Å². The first-order valence-corrected chi connectivity index (χ1v) is 10.7. The van der Waals surface area contributed by atoms with E-state index >= 15 is 0 Å². The van der Waals surface area contributed by atoms with Crippen LogP contribution in [0.5, 0.6) is 0 Å². The van der Waals surface area contributed by atoms with Crippen molar-refractivity contribution in [2.24, 2.45) is 11.3 Å². The van der Waals surface area contributed by atoms with Gasteiger partial charge in [0.2, 0.25) is 10.0 Å². The van der Waals surface area contributed by atoms with Crippen LogP contribution in [0.2, 0.25) is 0 Å². The molecule has 0 aliphatic carbocycles. The summed E-state index contributed by atoms with van der Waals surface area (Å²) in [6.45, 7) is 10.4. The smallest absolute Gasteiger partial charge is 0.214 e. The van der Waals surface area contributed by atoms with E-state index in [-0.39, 0.29) is 17.2 Å². The molecule has 2 saturated heterocycles. The first kappa shape index (κ1) is 19.2. The third-order valence-corrected chi connectivity index (χ3v) is 6.84. The molecule has 2 rings (SSSR count). The Hall–Kier alpha value is -0.170. The van der Waals surface area contributed by atoms with Crippen molar-refractivity contribution in [3.63, 3.8) is 0 Å². The van der Waals surface area contributed by atoms with Gasteiger partial charge in [-0.3, -0.25) is 0 Å². The zero-order valence-electron chi connectivity index (χ0n) is 15.0. The molecule has 23 heavy (non-hydrogen) atoms. The lowest BCUT2D eigenvalue weighted by molar-refractivity contribution is 0.0563. The number of hydrogen-bond acceptors (Lipinski definition) is 4. The van der Waals surface area contributed by atoms with Crippen LogP contribution in [0, 0.1) is 11.3 Å². The van der Waals surface area contributed by atoms with Crippen LogP contribution in [0.15, 0.2) is 0 Å². The first-order chi connectivity index (χ1) is 10.8. The number of ether oxygens (including phenoxy) is 1. The van der Waals surface area contributed by atoms with E-state index in [1.165, 1.54) is 0 Å². The summed E-state index contributed by atoms with van der Waals surface area (Å²) in [6.07, 6.45) is 4.53. The SMILES string of the molecule is CC(C)(C)CCS(=O)(=O)N(CC1CCOCC1)C1CCNCC1. The van der Waals surface area contributed by atoms with Crippen molar-refractivity contribution in [1.82, 2.24) is 9.62 Å². The predicted molar refractivity (Wildman–Crippen MR) is 94.0 cm³/mol. The van der Waals surface area contributed by atoms with Gasteiger partial charge in [-0.1, -0.05) is 20.8 Å². The normalized spacial score (nSPS) is 22.6. The molecule has 2 fully saturated rings. The summed E-state index contributed by atoms with van der Waals surface area (Å²) in [5, 5.41) is 3.34. The molecule has 0 radical (unpaired) electrons. The highest BCUT2D eigenvalue weighted by Crippen LogP contribution is 2.26. The van der Waals surface area contributed by atoms with E-state index in [0.29, 0.717) is 18.9 Å². The minimum absolute atomic E-state index is 0.0472. The maximum atomic E-state index is 13.0. The van der Waals surface area contributed by atoms with Crippen molar-refractivity contribution in [2.45, 2.75) is 58.9 Å². The van der Waals surface area contributed by atoms with E-state index in [1.807, 2.05) is 4.31 Å². The molecule has 1 N–H and O–H groups in total. The molecule has 5 nitrogen and oxygen atoms in total. The quantitative estimate of drug-likeness (QED) is 0.801. The second-order valence-corrected chi connectivity index (χ2v) is 10.3. The molecule has 136 valence electrons. The Morgan fingerprint density at radius 3 is 2.26 bits per heavy atom. The fourth-order valence-corrected chi connectivity index (χ4v) is 5.53. The molecule has 0 aromatic carbocycles. The van der Waals surface area contributed by atoms with Crippen LogP contribution >= 0.6 is 0 Å². The standard InChI is InChI=1S/C17H34N2O3S/c1-17(2,3)8-13-23(20,21)19(16-4-9-18-10-5-16)14-15-6-11-22-12-7-15/h15-16,18H,4-14H2,1-3H3. The molecule has 0 bridgehead atoms. The maximum absolute atomic E-state index is 13.0. The van der Waals surface area contributed by atoms with E-state index in [1.54, 1.807) is 0 Å². The molecule has 0 unspecified atom stereocenters. The zero-order valence-corrected chi connectivity index (χ0v) is 15.8. The highest BCUT2D eigenvalue weighted by Gasteiger charge is 2.33. The third-order valence-electron chi connectivity index (χ3n) is 4.96. The van der Waals surface area contributed by atoms with Crippen molar-refractivity contribution in [2.75, 3.05) is 38.6 Å². The molecule has 0 amide bonds. The molecule has 2 aliphatic heterocycles. The van der Waals surface area contributed by atoms with Gasteiger partial charge in [-0.05, 0) is 56.5 Å². The summed E-state index contributed by atoms with van der Waals surface area (Å²) in [5.41, 5.74) is 0.0472. The summed E-state index contributed by atoms with van der Waals surface area (Å²) in [6, 6.07) is 0.170. The van der Waals surface area contributed by atoms with E-state index < -0.39 is 10.0 Å². The van der Waals surface area contributed by atoms with Crippen molar-refractivity contribution in [1.29, 1.82) is 0 Å². The Bertz CT molecular complexity index is 447. The molecule has 0 spiro atoms. The largest absolute Gasteiger partial charge is 0.381 e. The van der Waals surface area contributed by atoms with Crippen LogP contribution in [0.1, 0.15) is 52.9 Å². The molecule has 6 heteroatoms. The Morgan fingerprint density at radius 2 is 1.70 bits per heavy atom. The topological polar surface area (TPSA) is 58.6 Å². The van der Waals surface area contributed by atoms with Crippen LogP contribution in [-0.2, 0) is 14.8 Å². The Balaban J connectivity index is 2.07. The van der Waals surface area contributed by atoms with Crippen molar-refractivity contribution < 1.29 is 13.2 Å². The van der Waals surface area contributed by atoms with Crippen molar-refractivity contribution >= 4 is 10.0 Å². The van der Waals surface area contributed by atoms with Crippen molar-refractivity contribution in [3.8, 4) is 0 Å². The van der Waals surface area contributed by atoms with E-state index in [9.17, 15) is 8.42 Å².